The highest BCUT2D eigenvalue weighted by Gasteiger charge is 2.18. The molecule has 6 nitrogen and oxygen atoms in total. The number of nitro groups is 1. The van der Waals surface area contributed by atoms with Gasteiger partial charge in [0.1, 0.15) is 5.75 Å². The van der Waals surface area contributed by atoms with Gasteiger partial charge in [-0.05, 0) is 36.2 Å². The third kappa shape index (κ3) is 6.84. The number of nitrogens with zero attached hydrogens (tertiary/aromatic N) is 3. The molecular weight excluding hydrogens is 530 g/mol. The maximum atomic E-state index is 11.3. The lowest BCUT2D eigenvalue weighted by atomic mass is 10.1. The van der Waals surface area contributed by atoms with Crippen molar-refractivity contribution < 1.29 is 9.66 Å². The lowest BCUT2D eigenvalue weighted by Gasteiger charge is -2.36. The summed E-state index contributed by atoms with van der Waals surface area (Å²) >= 11 is 9.87. The summed E-state index contributed by atoms with van der Waals surface area (Å²) in [7, 11) is 0. The van der Waals surface area contributed by atoms with Gasteiger partial charge in [0.05, 0.1) is 22.2 Å². The van der Waals surface area contributed by atoms with E-state index in [2.05, 4.69) is 31.8 Å². The molecule has 35 heavy (non-hydrogen) atoms. The van der Waals surface area contributed by atoms with Gasteiger partial charge in [0, 0.05) is 54.9 Å². The Morgan fingerprint density at radius 2 is 1.69 bits per heavy atom. The molecule has 8 heteroatoms. The molecule has 1 heterocycles. The van der Waals surface area contributed by atoms with Gasteiger partial charge in [-0.2, -0.15) is 0 Å². The van der Waals surface area contributed by atoms with E-state index in [1.807, 2.05) is 54.6 Å². The Morgan fingerprint density at radius 1 is 0.971 bits per heavy atom. The molecule has 0 amide bonds. The van der Waals surface area contributed by atoms with Crippen LogP contribution < -0.4 is 9.64 Å². The van der Waals surface area contributed by atoms with Crippen molar-refractivity contribution in [3.8, 4) is 5.75 Å². The number of halogens is 2. The van der Waals surface area contributed by atoms with Crippen LogP contribution >= 0.6 is 27.5 Å². The average molecular weight is 557 g/mol. The topological polar surface area (TPSA) is 58.9 Å². The quantitative estimate of drug-likeness (QED) is 0.126. The second-order valence-electron chi connectivity index (χ2n) is 8.32. The SMILES string of the molecule is O=[N+]([O-])c1ccc(OCCCN2CCN(c3ccccc3Cl)CC2)c(C=Cc2ccccc2Br)c1. The van der Waals surface area contributed by atoms with Crippen molar-refractivity contribution in [1.82, 2.24) is 4.90 Å². The first-order chi connectivity index (χ1) is 17.0. The Bertz CT molecular complexity index is 1200. The van der Waals surface area contributed by atoms with Crippen molar-refractivity contribution in [3.63, 3.8) is 0 Å². The third-order valence-corrected chi connectivity index (χ3v) is 7.04. The minimum Gasteiger partial charge on any atom is -0.493 e. The van der Waals surface area contributed by atoms with E-state index in [-0.39, 0.29) is 10.6 Å². The summed E-state index contributed by atoms with van der Waals surface area (Å²) in [5.74, 6) is 0.641. The van der Waals surface area contributed by atoms with Crippen LogP contribution in [0.5, 0.6) is 5.75 Å². The summed E-state index contributed by atoms with van der Waals surface area (Å²) in [6.07, 6.45) is 4.65. The second-order valence-corrected chi connectivity index (χ2v) is 9.58. The van der Waals surface area contributed by atoms with Gasteiger partial charge in [-0.3, -0.25) is 15.0 Å². The van der Waals surface area contributed by atoms with Crippen molar-refractivity contribution in [1.29, 1.82) is 0 Å². The summed E-state index contributed by atoms with van der Waals surface area (Å²) in [6.45, 7) is 5.31. The van der Waals surface area contributed by atoms with Crippen LogP contribution in [0.2, 0.25) is 5.02 Å². The zero-order valence-corrected chi connectivity index (χ0v) is 21.6. The van der Waals surface area contributed by atoms with Crippen molar-refractivity contribution in [3.05, 3.63) is 97.5 Å². The van der Waals surface area contributed by atoms with Gasteiger partial charge in [-0.1, -0.05) is 70.0 Å². The van der Waals surface area contributed by atoms with Gasteiger partial charge < -0.3 is 9.64 Å². The molecule has 3 aromatic carbocycles. The number of non-ortho nitro benzene ring substituents is 1. The monoisotopic (exact) mass is 555 g/mol. The fourth-order valence-electron chi connectivity index (χ4n) is 4.09. The van der Waals surface area contributed by atoms with Crippen LogP contribution in [0.4, 0.5) is 11.4 Å². The molecule has 0 atom stereocenters. The number of hydrogen-bond donors (Lipinski definition) is 0. The maximum Gasteiger partial charge on any atom is 0.270 e. The molecule has 0 spiro atoms. The molecule has 0 aromatic heterocycles. The Kier molecular flexibility index (Phi) is 8.79. The Morgan fingerprint density at radius 3 is 2.43 bits per heavy atom. The van der Waals surface area contributed by atoms with Crippen LogP contribution in [0.3, 0.4) is 0 Å². The predicted octanol–water partition coefficient (Wildman–Crippen LogP) is 6.77. The standard InChI is InChI=1S/C27H27BrClN3O3/c28-24-7-2-1-6-21(24)10-11-22-20-23(32(33)34)12-13-27(22)35-19-5-14-30-15-17-31(18-16-30)26-9-4-3-8-25(26)29/h1-4,6-13,20H,5,14-19H2. The molecule has 182 valence electrons. The molecule has 4 rings (SSSR count). The molecule has 0 radical (unpaired) electrons. The van der Waals surface area contributed by atoms with Gasteiger partial charge in [-0.25, -0.2) is 0 Å². The van der Waals surface area contributed by atoms with Gasteiger partial charge in [-0.15, -0.1) is 0 Å². The molecule has 0 aliphatic carbocycles. The molecule has 0 unspecified atom stereocenters. The van der Waals surface area contributed by atoms with Crippen molar-refractivity contribution in [2.24, 2.45) is 0 Å². The second kappa shape index (κ2) is 12.2. The van der Waals surface area contributed by atoms with Crippen LogP contribution in [0.15, 0.2) is 71.2 Å². The van der Waals surface area contributed by atoms with Gasteiger partial charge in [0.25, 0.3) is 5.69 Å². The normalized spacial score (nSPS) is 14.4. The maximum absolute atomic E-state index is 11.3. The highest BCUT2D eigenvalue weighted by molar-refractivity contribution is 9.10. The fraction of sp³-hybridized carbons (Fsp3) is 0.259. The highest BCUT2D eigenvalue weighted by atomic mass is 79.9. The first kappa shape index (κ1) is 25.2. The molecule has 1 aliphatic heterocycles. The minimum atomic E-state index is -0.387. The summed E-state index contributed by atoms with van der Waals surface area (Å²) in [5, 5.41) is 12.1. The average Bonchev–Trinajstić information content (AvgIpc) is 2.87. The van der Waals surface area contributed by atoms with E-state index >= 15 is 0 Å². The van der Waals surface area contributed by atoms with Gasteiger partial charge >= 0.3 is 0 Å². The van der Waals surface area contributed by atoms with E-state index < -0.39 is 0 Å². The van der Waals surface area contributed by atoms with E-state index in [1.54, 1.807) is 12.1 Å². The van der Waals surface area contributed by atoms with E-state index in [4.69, 9.17) is 16.3 Å². The Labute approximate surface area is 219 Å². The molecule has 1 fully saturated rings. The van der Waals surface area contributed by atoms with Crippen LogP contribution in [0.25, 0.3) is 12.2 Å². The lowest BCUT2D eigenvalue weighted by molar-refractivity contribution is -0.384. The minimum absolute atomic E-state index is 0.0421. The molecule has 0 bridgehead atoms. The smallest absolute Gasteiger partial charge is 0.270 e. The number of rotatable bonds is 9. The molecule has 3 aromatic rings. The number of para-hydroxylation sites is 1. The molecule has 1 aliphatic rings. The van der Waals surface area contributed by atoms with Crippen molar-refractivity contribution in [2.45, 2.75) is 6.42 Å². The number of piperazine rings is 1. The molecular formula is C27H27BrClN3O3. The Hall–Kier alpha value is -2.87. The van der Waals surface area contributed by atoms with E-state index in [0.29, 0.717) is 17.9 Å². The number of benzene rings is 3. The first-order valence-corrected chi connectivity index (χ1v) is 12.7. The third-order valence-electron chi connectivity index (χ3n) is 5.99. The van der Waals surface area contributed by atoms with E-state index in [1.165, 1.54) is 6.07 Å². The molecule has 1 saturated heterocycles. The van der Waals surface area contributed by atoms with E-state index in [0.717, 1.165) is 59.9 Å². The number of anilines is 1. The van der Waals surface area contributed by atoms with Gasteiger partial charge in [0.15, 0.2) is 0 Å². The lowest BCUT2D eigenvalue weighted by Crippen LogP contribution is -2.46. The van der Waals surface area contributed by atoms with Crippen LogP contribution in [0, 0.1) is 10.1 Å². The summed E-state index contributed by atoms with van der Waals surface area (Å²) in [4.78, 5) is 15.7. The van der Waals surface area contributed by atoms with Crippen molar-refractivity contribution >= 4 is 51.1 Å². The van der Waals surface area contributed by atoms with Crippen LogP contribution in [-0.2, 0) is 0 Å². The van der Waals surface area contributed by atoms with Crippen molar-refractivity contribution in [2.75, 3.05) is 44.2 Å². The number of nitro benzene ring substituents is 1. The summed E-state index contributed by atoms with van der Waals surface area (Å²) < 4.78 is 7.00. The van der Waals surface area contributed by atoms with Crippen LogP contribution in [0.1, 0.15) is 17.5 Å². The fourth-order valence-corrected chi connectivity index (χ4v) is 4.76. The zero-order valence-electron chi connectivity index (χ0n) is 19.3. The first-order valence-electron chi connectivity index (χ1n) is 11.6. The Balaban J connectivity index is 1.31. The number of ether oxygens (including phenoxy) is 1. The van der Waals surface area contributed by atoms with Crippen LogP contribution in [-0.4, -0.2) is 49.2 Å². The summed E-state index contributed by atoms with van der Waals surface area (Å²) in [6, 6.07) is 20.5. The number of hydrogen-bond acceptors (Lipinski definition) is 5. The predicted molar refractivity (Wildman–Crippen MR) is 146 cm³/mol. The highest BCUT2D eigenvalue weighted by Crippen LogP contribution is 2.28. The zero-order chi connectivity index (χ0) is 24.6. The summed E-state index contributed by atoms with van der Waals surface area (Å²) in [5.41, 5.74) is 2.81. The largest absolute Gasteiger partial charge is 0.493 e. The van der Waals surface area contributed by atoms with Gasteiger partial charge in [0.2, 0.25) is 0 Å². The van der Waals surface area contributed by atoms with E-state index in [9.17, 15) is 10.1 Å². The molecule has 0 saturated carbocycles. The molecule has 0 N–H and O–H groups in total.